The molecule has 0 unspecified atom stereocenters. The summed E-state index contributed by atoms with van der Waals surface area (Å²) in [5.41, 5.74) is 0.240. The number of hydrogen-bond acceptors (Lipinski definition) is 7. The lowest BCUT2D eigenvalue weighted by Crippen LogP contribution is -2.50. The van der Waals surface area contributed by atoms with E-state index in [1.54, 1.807) is 13.1 Å². The van der Waals surface area contributed by atoms with E-state index in [1.165, 1.54) is 39.6 Å². The summed E-state index contributed by atoms with van der Waals surface area (Å²) in [5, 5.41) is 17.3. The van der Waals surface area contributed by atoms with Gasteiger partial charge in [0, 0.05) is 57.2 Å². The van der Waals surface area contributed by atoms with Gasteiger partial charge >= 0.3 is 0 Å². The Morgan fingerprint density at radius 3 is 2.61 bits per heavy atom. The summed E-state index contributed by atoms with van der Waals surface area (Å²) in [7, 11) is -1.95. The third kappa shape index (κ3) is 4.52. The van der Waals surface area contributed by atoms with E-state index in [4.69, 9.17) is 0 Å². The Labute approximate surface area is 161 Å². The molecule has 0 radical (unpaired) electrons. The van der Waals surface area contributed by atoms with Crippen LogP contribution in [0.1, 0.15) is 0 Å². The number of carbonyl (C=O) groups excluding carboxylic acids is 1. The maximum absolute atomic E-state index is 12.6. The summed E-state index contributed by atoms with van der Waals surface area (Å²) < 4.78 is 28.0. The van der Waals surface area contributed by atoms with Gasteiger partial charge in [-0.25, -0.2) is 8.42 Å². The van der Waals surface area contributed by atoms with E-state index < -0.39 is 14.9 Å². The highest BCUT2D eigenvalue weighted by atomic mass is 32.2. The number of nitrogens with one attached hydrogen (secondary N) is 1. The van der Waals surface area contributed by atoms with Crippen molar-refractivity contribution in [2.45, 2.75) is 4.90 Å². The van der Waals surface area contributed by atoms with Crippen LogP contribution in [0.15, 0.2) is 41.6 Å². The van der Waals surface area contributed by atoms with Crippen molar-refractivity contribution in [1.82, 2.24) is 19.0 Å². The monoisotopic (exact) mass is 408 g/mol. The van der Waals surface area contributed by atoms with E-state index >= 15 is 0 Å². The van der Waals surface area contributed by atoms with Gasteiger partial charge in [0.05, 0.1) is 17.7 Å². The normalized spacial score (nSPS) is 16.0. The number of nitro groups is 1. The quantitative estimate of drug-likeness (QED) is 0.536. The number of benzene rings is 1. The number of nitro benzene ring substituents is 1. The molecule has 1 N–H and O–H groups in total. The fourth-order valence-electron chi connectivity index (χ4n) is 2.91. The van der Waals surface area contributed by atoms with Gasteiger partial charge in [0.1, 0.15) is 4.90 Å². The average Bonchev–Trinajstić information content (AvgIpc) is 3.09. The first kappa shape index (κ1) is 19.9. The first-order chi connectivity index (χ1) is 13.3. The fraction of sp³-hybridized carbons (Fsp3) is 0.375. The van der Waals surface area contributed by atoms with Gasteiger partial charge in [0.15, 0.2) is 0 Å². The predicted molar refractivity (Wildman–Crippen MR) is 100 cm³/mol. The van der Waals surface area contributed by atoms with Gasteiger partial charge in [-0.3, -0.25) is 24.5 Å². The van der Waals surface area contributed by atoms with Crippen LogP contribution in [0, 0.1) is 10.1 Å². The lowest BCUT2D eigenvalue weighted by molar-refractivity contribution is -0.384. The summed E-state index contributed by atoms with van der Waals surface area (Å²) in [5.74, 6) is -0.316. The molecule has 28 heavy (non-hydrogen) atoms. The predicted octanol–water partition coefficient (Wildman–Crippen LogP) is 0.273. The Bertz CT molecular complexity index is 981. The lowest BCUT2D eigenvalue weighted by Gasteiger charge is -2.33. The number of aryl methyl sites for hydroxylation is 1. The summed E-state index contributed by atoms with van der Waals surface area (Å²) in [6.45, 7) is 1.41. The molecule has 2 heterocycles. The van der Waals surface area contributed by atoms with Crippen LogP contribution in [0.4, 0.5) is 11.4 Å². The molecule has 0 spiro atoms. The zero-order chi connectivity index (χ0) is 20.3. The molecule has 1 fully saturated rings. The number of piperazine rings is 1. The number of anilines is 1. The van der Waals surface area contributed by atoms with Crippen molar-refractivity contribution in [3.8, 4) is 0 Å². The minimum absolute atomic E-state index is 0.0729. The zero-order valence-electron chi connectivity index (χ0n) is 15.2. The number of non-ortho nitro benzene ring substituents is 1. The molecule has 11 nitrogen and oxygen atoms in total. The largest absolute Gasteiger partial charge is 0.325 e. The molecule has 1 saturated heterocycles. The highest BCUT2D eigenvalue weighted by Crippen LogP contribution is 2.18. The second kappa shape index (κ2) is 8.04. The lowest BCUT2D eigenvalue weighted by atomic mass is 10.2. The van der Waals surface area contributed by atoms with Gasteiger partial charge in [-0.05, 0) is 6.07 Å². The number of aromatic nitrogens is 2. The summed E-state index contributed by atoms with van der Waals surface area (Å²) in [6.07, 6.45) is 2.77. The molecule has 150 valence electrons. The minimum Gasteiger partial charge on any atom is -0.325 e. The molecule has 12 heteroatoms. The van der Waals surface area contributed by atoms with E-state index in [9.17, 15) is 23.3 Å². The van der Waals surface area contributed by atoms with E-state index in [0.29, 0.717) is 18.8 Å². The Hall–Kier alpha value is -2.83. The molecule has 1 amide bonds. The van der Waals surface area contributed by atoms with Crippen molar-refractivity contribution in [1.29, 1.82) is 0 Å². The maximum atomic E-state index is 12.6. The van der Waals surface area contributed by atoms with Gasteiger partial charge in [-0.2, -0.15) is 9.40 Å². The molecule has 3 rings (SSSR count). The van der Waals surface area contributed by atoms with Crippen LogP contribution in [0.25, 0.3) is 0 Å². The summed E-state index contributed by atoms with van der Waals surface area (Å²) >= 11 is 0. The average molecular weight is 408 g/mol. The van der Waals surface area contributed by atoms with E-state index in [2.05, 4.69) is 10.4 Å². The molecule has 0 atom stereocenters. The molecular weight excluding hydrogens is 388 g/mol. The van der Waals surface area contributed by atoms with Crippen LogP contribution in [-0.2, 0) is 21.9 Å². The first-order valence-electron chi connectivity index (χ1n) is 8.51. The number of hydrogen-bond donors (Lipinski definition) is 1. The van der Waals surface area contributed by atoms with Crippen LogP contribution in [0.5, 0.6) is 0 Å². The van der Waals surface area contributed by atoms with Crippen molar-refractivity contribution in [2.75, 3.05) is 38.0 Å². The minimum atomic E-state index is -3.60. The van der Waals surface area contributed by atoms with Crippen LogP contribution < -0.4 is 5.32 Å². The molecule has 1 aromatic carbocycles. The molecule has 0 aliphatic carbocycles. The molecule has 1 aromatic heterocycles. The van der Waals surface area contributed by atoms with Gasteiger partial charge < -0.3 is 5.32 Å². The van der Waals surface area contributed by atoms with Crippen LogP contribution in [0.2, 0.25) is 0 Å². The van der Waals surface area contributed by atoms with E-state index in [0.717, 1.165) is 0 Å². The molecular formula is C16H20N6O5S. The van der Waals surface area contributed by atoms with Crippen LogP contribution >= 0.6 is 0 Å². The maximum Gasteiger partial charge on any atom is 0.271 e. The highest BCUT2D eigenvalue weighted by molar-refractivity contribution is 7.89. The van der Waals surface area contributed by atoms with Crippen molar-refractivity contribution in [2.24, 2.45) is 7.05 Å². The standard InChI is InChI=1S/C16H20N6O5S/c1-19-11-15(10-17-19)28(26,27)21-7-5-20(6-8-21)12-16(23)18-13-3-2-4-14(9-13)22(24)25/h2-4,9-11H,5-8,12H2,1H3,(H,18,23). The Balaban J connectivity index is 1.53. The number of nitrogens with zero attached hydrogens (tertiary/aromatic N) is 5. The fourth-order valence-corrected chi connectivity index (χ4v) is 4.32. The number of rotatable bonds is 6. The topological polar surface area (TPSA) is 131 Å². The Morgan fingerprint density at radius 2 is 2.00 bits per heavy atom. The molecule has 0 saturated carbocycles. The van der Waals surface area contributed by atoms with E-state index in [1.807, 2.05) is 4.90 Å². The molecule has 0 bridgehead atoms. The first-order valence-corrected chi connectivity index (χ1v) is 9.95. The van der Waals surface area contributed by atoms with Crippen molar-refractivity contribution in [3.63, 3.8) is 0 Å². The third-order valence-electron chi connectivity index (χ3n) is 4.36. The smallest absolute Gasteiger partial charge is 0.271 e. The summed E-state index contributed by atoms with van der Waals surface area (Å²) in [6, 6.07) is 5.70. The van der Waals surface area contributed by atoms with Gasteiger partial charge in [0.25, 0.3) is 5.69 Å². The molecule has 2 aromatic rings. The van der Waals surface area contributed by atoms with Crippen LogP contribution in [-0.4, -0.2) is 71.0 Å². The van der Waals surface area contributed by atoms with Crippen molar-refractivity contribution < 1.29 is 18.1 Å². The zero-order valence-corrected chi connectivity index (χ0v) is 16.0. The number of amides is 1. The Morgan fingerprint density at radius 1 is 1.29 bits per heavy atom. The number of sulfonamides is 1. The highest BCUT2D eigenvalue weighted by Gasteiger charge is 2.30. The van der Waals surface area contributed by atoms with Gasteiger partial charge in [-0.15, -0.1) is 0 Å². The van der Waals surface area contributed by atoms with Crippen molar-refractivity contribution in [3.05, 3.63) is 46.8 Å². The second-order valence-corrected chi connectivity index (χ2v) is 8.32. The van der Waals surface area contributed by atoms with Gasteiger partial charge in [0.2, 0.25) is 15.9 Å². The molecule has 1 aliphatic heterocycles. The Kier molecular flexibility index (Phi) is 5.72. The van der Waals surface area contributed by atoms with E-state index in [-0.39, 0.29) is 36.1 Å². The molecule has 1 aliphatic rings. The van der Waals surface area contributed by atoms with Crippen LogP contribution in [0.3, 0.4) is 0 Å². The number of carbonyl (C=O) groups is 1. The van der Waals surface area contributed by atoms with Crippen molar-refractivity contribution >= 4 is 27.3 Å². The summed E-state index contributed by atoms with van der Waals surface area (Å²) in [4.78, 5) is 24.4. The third-order valence-corrected chi connectivity index (χ3v) is 6.21. The van der Waals surface area contributed by atoms with Gasteiger partial charge in [-0.1, -0.05) is 6.07 Å². The second-order valence-electron chi connectivity index (χ2n) is 6.39. The SMILES string of the molecule is Cn1cc(S(=O)(=O)N2CCN(CC(=O)Nc3cccc([N+](=O)[O-])c3)CC2)cn1.